The number of hydrogen-bond acceptors (Lipinski definition) is 17. The Morgan fingerprint density at radius 3 is 2.16 bits per heavy atom. The van der Waals surface area contributed by atoms with Crippen molar-refractivity contribution in [2.75, 3.05) is 20.6 Å². The summed E-state index contributed by atoms with van der Waals surface area (Å²) in [7, 11) is 3.85. The van der Waals surface area contributed by atoms with Crippen LogP contribution in [-0.4, -0.2) is 89.4 Å². The smallest absolute Gasteiger partial charge is 0.871 e. The van der Waals surface area contributed by atoms with Gasteiger partial charge in [-0.3, -0.25) is 19.5 Å². The number of nitro benzene ring substituents is 1. The van der Waals surface area contributed by atoms with E-state index in [1.807, 2.05) is 25.1 Å². The molecule has 23 heteroatoms. The number of aliphatic hydroxyl groups is 2. The number of carbonyl (C=O) groups excluding carboxylic acids is 1. The Balaban J connectivity index is 0.000000864. The summed E-state index contributed by atoms with van der Waals surface area (Å²) in [6, 6.07) is 14.9. The molecule has 22 nitrogen and oxygen atoms in total. The van der Waals surface area contributed by atoms with E-state index in [0.29, 0.717) is 35.6 Å². The fourth-order valence-electron chi connectivity index (χ4n) is 4.90. The number of aromatic nitrogens is 4. The minimum atomic E-state index is -1.44. The van der Waals surface area contributed by atoms with E-state index in [9.17, 15) is 44.6 Å². The molecule has 0 spiro atoms. The van der Waals surface area contributed by atoms with Crippen LogP contribution in [0.1, 0.15) is 31.5 Å². The molecule has 0 aliphatic carbocycles. The molecule has 0 amide bonds. The van der Waals surface area contributed by atoms with E-state index >= 15 is 0 Å². The average Bonchev–Trinajstić information content (AvgIpc) is 3.48. The topological polar surface area (TPSA) is 318 Å². The molecule has 5 aromatic rings. The molecular formula is C38H42CuN10O12. The fourth-order valence-corrected chi connectivity index (χ4v) is 4.90. The summed E-state index contributed by atoms with van der Waals surface area (Å²) in [4.78, 5) is 58.0. The van der Waals surface area contributed by atoms with Gasteiger partial charge in [0.2, 0.25) is 5.88 Å². The van der Waals surface area contributed by atoms with Crippen LogP contribution in [-0.2, 0) is 33.2 Å². The molecule has 327 valence electrons. The van der Waals surface area contributed by atoms with Crippen molar-refractivity contribution in [3.8, 4) is 23.0 Å². The first-order chi connectivity index (χ1) is 28.2. The number of carbonyl (C=O) groups is 2. The quantitative estimate of drug-likeness (QED) is 0.0328. The van der Waals surface area contributed by atoms with Crippen molar-refractivity contribution >= 4 is 40.4 Å². The number of aliphatic carboxylic acids is 2. The van der Waals surface area contributed by atoms with E-state index in [1.165, 1.54) is 18.4 Å². The van der Waals surface area contributed by atoms with Crippen LogP contribution in [0.25, 0.3) is 11.4 Å². The van der Waals surface area contributed by atoms with Crippen LogP contribution in [0.2, 0.25) is 0 Å². The Morgan fingerprint density at radius 2 is 1.61 bits per heavy atom. The number of aryl methyl sites for hydroxylation is 1. The van der Waals surface area contributed by atoms with Crippen LogP contribution in [0.5, 0.6) is 11.6 Å². The standard InChI is InChI=1S/C32H32N10O6.2C3H6O3.Cu/c1-20-27(30(44)40(17-9-14-38(3)4)32(46)29(20)39-15-6-5-7-16-39)35-33-22-10-8-11-23(18-22)41-31(45)28(21(2)37-41)36-34-25-19-24(42(47)48)12-13-26(25)43;2*1-2(4)3(5)6;/h5-8,10-13,15-16,18-19,43-44H,9,14,17H2,1-4H3;2*2,4H,1H3,(H,5,6);/q;;;+2/p-2. The summed E-state index contributed by atoms with van der Waals surface area (Å²) >= 11 is 0. The van der Waals surface area contributed by atoms with E-state index in [4.69, 9.17) is 15.3 Å². The first-order valence-corrected chi connectivity index (χ1v) is 17.8. The van der Waals surface area contributed by atoms with Gasteiger partial charge in [-0.1, -0.05) is 36.6 Å². The molecule has 1 radical (unpaired) electrons. The Bertz CT molecular complexity index is 2480. The van der Waals surface area contributed by atoms with Crippen molar-refractivity contribution in [1.29, 1.82) is 0 Å². The fraction of sp³-hybridized carbons (Fsp3) is 0.289. The van der Waals surface area contributed by atoms with E-state index in [1.54, 1.807) is 60.3 Å². The summed E-state index contributed by atoms with van der Waals surface area (Å²) in [6.45, 7) is 6.49. The number of azo groups is 2. The second-order valence-corrected chi connectivity index (χ2v) is 13.0. The Labute approximate surface area is 357 Å². The van der Waals surface area contributed by atoms with Gasteiger partial charge >= 0.3 is 28.6 Å². The van der Waals surface area contributed by atoms with Crippen molar-refractivity contribution in [2.45, 2.75) is 52.9 Å². The zero-order valence-electron chi connectivity index (χ0n) is 33.5. The van der Waals surface area contributed by atoms with Crippen molar-refractivity contribution < 1.29 is 66.8 Å². The minimum Gasteiger partial charge on any atom is -0.871 e. The molecule has 0 aliphatic heterocycles. The van der Waals surface area contributed by atoms with Gasteiger partial charge in [0.15, 0.2) is 18.1 Å². The van der Waals surface area contributed by atoms with Crippen LogP contribution in [0, 0.1) is 24.0 Å². The van der Waals surface area contributed by atoms with Crippen LogP contribution in [0.4, 0.5) is 28.4 Å². The van der Waals surface area contributed by atoms with Gasteiger partial charge in [0.25, 0.3) is 11.4 Å². The summed E-state index contributed by atoms with van der Waals surface area (Å²) in [6.07, 6.45) is 1.50. The molecule has 3 heterocycles. The number of benzene rings is 2. The summed E-state index contributed by atoms with van der Waals surface area (Å²) in [5.41, 5.74) is -0.133. The second-order valence-electron chi connectivity index (χ2n) is 13.0. The average molecular weight is 894 g/mol. The molecule has 3 aromatic heterocycles. The summed E-state index contributed by atoms with van der Waals surface area (Å²) in [5.74, 6) is -3.54. The van der Waals surface area contributed by atoms with Gasteiger partial charge in [-0.25, -0.2) is 14.6 Å². The molecule has 0 fully saturated rings. The largest absolute Gasteiger partial charge is 2.00 e. The maximum atomic E-state index is 13.6. The van der Waals surface area contributed by atoms with E-state index in [0.717, 1.165) is 29.8 Å². The minimum absolute atomic E-state index is 0. The molecule has 2 atom stereocenters. The molecule has 5 rings (SSSR count). The number of aliphatic hydroxyl groups excluding tert-OH is 2. The third-order valence-electron chi connectivity index (χ3n) is 8.02. The number of rotatable bonds is 13. The Kier molecular flexibility index (Phi) is 19.0. The molecule has 61 heavy (non-hydrogen) atoms. The maximum absolute atomic E-state index is 13.6. The van der Waals surface area contributed by atoms with Crippen LogP contribution in [0.15, 0.2) is 103 Å². The summed E-state index contributed by atoms with van der Waals surface area (Å²) in [5, 5.41) is 88.1. The predicted octanol–water partition coefficient (Wildman–Crippen LogP) is 2.04. The number of carboxylic acid groups (broad SMARTS) is 2. The Hall–Kier alpha value is -6.91. The van der Waals surface area contributed by atoms with Crippen LogP contribution >= 0.6 is 0 Å². The van der Waals surface area contributed by atoms with E-state index < -0.39 is 40.4 Å². The van der Waals surface area contributed by atoms with Crippen molar-refractivity contribution in [2.24, 2.45) is 20.5 Å². The SMILES string of the molecule is CC(O)C(=O)O.CC(O)C(=O)[O-].Cc1c(N=Nc2cccc(-n3nc(C)[c-](N=Nc4cc([N+](=O)[O-])ccc4[O-])c3=O)c2)c(O)n(CCCN(C)C)c(=O)c1-[n+]1ccccc1.[Cu+2]. The molecular weight excluding hydrogens is 852 g/mol. The maximum Gasteiger partial charge on any atom is 2.00 e. The molecule has 0 saturated heterocycles. The normalized spacial score (nSPS) is 11.9. The van der Waals surface area contributed by atoms with Gasteiger partial charge in [0.05, 0.1) is 39.6 Å². The summed E-state index contributed by atoms with van der Waals surface area (Å²) < 4.78 is 4.03. The van der Waals surface area contributed by atoms with E-state index in [-0.39, 0.29) is 63.5 Å². The Morgan fingerprint density at radius 1 is 0.984 bits per heavy atom. The van der Waals surface area contributed by atoms with Crippen molar-refractivity contribution in [3.05, 3.63) is 115 Å². The van der Waals surface area contributed by atoms with Crippen LogP contribution < -0.4 is 25.9 Å². The predicted molar refractivity (Wildman–Crippen MR) is 209 cm³/mol. The number of nitrogens with zero attached hydrogens (tertiary/aromatic N) is 10. The van der Waals surface area contributed by atoms with Gasteiger partial charge in [0, 0.05) is 30.8 Å². The second kappa shape index (κ2) is 23.0. The zero-order valence-corrected chi connectivity index (χ0v) is 34.5. The van der Waals surface area contributed by atoms with Gasteiger partial charge < -0.3 is 50.2 Å². The molecule has 2 aromatic carbocycles. The van der Waals surface area contributed by atoms with Crippen LogP contribution in [0.3, 0.4) is 0 Å². The van der Waals surface area contributed by atoms with Gasteiger partial charge in [-0.15, -0.1) is 10.8 Å². The van der Waals surface area contributed by atoms with E-state index in [2.05, 4.69) is 25.6 Å². The molecule has 2 unspecified atom stereocenters. The first kappa shape index (κ1) is 50.2. The number of nitro groups is 1. The number of aromatic hydroxyl groups is 1. The number of carboxylic acids is 2. The van der Waals surface area contributed by atoms with Gasteiger partial charge in [-0.05, 0) is 66.0 Å². The van der Waals surface area contributed by atoms with Gasteiger partial charge in [0.1, 0.15) is 11.7 Å². The molecule has 0 saturated carbocycles. The number of hydrogen-bond donors (Lipinski definition) is 4. The third-order valence-corrected chi connectivity index (χ3v) is 8.02. The zero-order chi connectivity index (χ0) is 44.8. The number of pyridine rings is 2. The van der Waals surface area contributed by atoms with Crippen molar-refractivity contribution in [1.82, 2.24) is 19.2 Å². The number of non-ortho nitro benzene ring substituents is 1. The monoisotopic (exact) mass is 893 g/mol. The molecule has 0 bridgehead atoms. The molecule has 0 aliphatic rings. The third kappa shape index (κ3) is 13.8. The molecule has 4 N–H and O–H groups in total. The van der Waals surface area contributed by atoms with Crippen molar-refractivity contribution in [3.63, 3.8) is 0 Å². The first-order valence-electron chi connectivity index (χ1n) is 17.8. The van der Waals surface area contributed by atoms with Gasteiger partial charge in [-0.2, -0.15) is 14.8 Å².